The van der Waals surface area contributed by atoms with E-state index in [0.29, 0.717) is 30.4 Å². The minimum Gasteiger partial charge on any atom is -0.404 e. The fourth-order valence-corrected chi connectivity index (χ4v) is 2.57. The summed E-state index contributed by atoms with van der Waals surface area (Å²) in [6.45, 7) is 1.17. The van der Waals surface area contributed by atoms with E-state index in [2.05, 4.69) is 30.7 Å². The second-order valence-corrected chi connectivity index (χ2v) is 6.21. The number of benzene rings is 1. The Morgan fingerprint density at radius 2 is 1.73 bits per heavy atom. The van der Waals surface area contributed by atoms with E-state index in [1.807, 2.05) is 6.19 Å². The number of aromatic nitrogens is 1. The number of unbranched alkanes of at least 4 members (excludes halogenated alkanes) is 3. The van der Waals surface area contributed by atoms with E-state index in [4.69, 9.17) is 5.26 Å². The summed E-state index contributed by atoms with van der Waals surface area (Å²) in [6.07, 6.45) is 3.84. The number of para-hydroxylation sites is 2. The van der Waals surface area contributed by atoms with Crippen molar-refractivity contribution in [2.75, 3.05) is 18.4 Å². The van der Waals surface area contributed by atoms with Crippen molar-refractivity contribution in [2.45, 2.75) is 32.0 Å². The molecule has 0 radical (unpaired) electrons. The lowest BCUT2D eigenvalue weighted by molar-refractivity contribution is -0.274. The molecule has 30 heavy (non-hydrogen) atoms. The van der Waals surface area contributed by atoms with Crippen LogP contribution in [-0.4, -0.2) is 30.4 Å². The average molecular weight is 420 g/mol. The minimum absolute atomic E-state index is 0.236. The molecule has 0 saturated carbocycles. The number of nitrogens with one attached hydrogen (secondary N) is 3. The minimum atomic E-state index is -4.72. The van der Waals surface area contributed by atoms with Gasteiger partial charge in [0.25, 0.3) is 0 Å². The van der Waals surface area contributed by atoms with Crippen LogP contribution in [-0.2, 0) is 0 Å². The highest BCUT2D eigenvalue weighted by Crippen LogP contribution is 2.29. The first kappa shape index (κ1) is 22.8. The predicted molar refractivity (Wildman–Crippen MR) is 108 cm³/mol. The number of nitriles is 1. The fraction of sp³-hybridized carbons (Fsp3) is 0.350. The van der Waals surface area contributed by atoms with Crippen molar-refractivity contribution in [2.24, 2.45) is 4.99 Å². The molecule has 2 aromatic rings. The predicted octanol–water partition coefficient (Wildman–Crippen LogP) is 4.30. The summed E-state index contributed by atoms with van der Waals surface area (Å²) in [5.74, 6) is 0.131. The lowest BCUT2D eigenvalue weighted by Gasteiger charge is -2.14. The van der Waals surface area contributed by atoms with Gasteiger partial charge in [0.05, 0.1) is 11.4 Å². The molecule has 0 amide bonds. The SMILES string of the molecule is N#CN/C(=N\c1ccncc1)NCCCCCCNc1ccccc1OC(F)(F)F. The number of nitrogens with zero attached hydrogens (tertiary/aromatic N) is 3. The molecule has 0 saturated heterocycles. The third-order valence-corrected chi connectivity index (χ3v) is 3.90. The maximum Gasteiger partial charge on any atom is 0.573 e. The average Bonchev–Trinajstić information content (AvgIpc) is 2.71. The van der Waals surface area contributed by atoms with E-state index in [9.17, 15) is 13.2 Å². The molecule has 0 aliphatic heterocycles. The molecule has 7 nitrogen and oxygen atoms in total. The second-order valence-electron chi connectivity index (χ2n) is 6.21. The van der Waals surface area contributed by atoms with Gasteiger partial charge >= 0.3 is 6.36 Å². The van der Waals surface area contributed by atoms with Crippen molar-refractivity contribution in [1.82, 2.24) is 15.6 Å². The van der Waals surface area contributed by atoms with Crippen molar-refractivity contribution in [3.8, 4) is 11.9 Å². The monoisotopic (exact) mass is 420 g/mol. The third-order valence-electron chi connectivity index (χ3n) is 3.90. The summed E-state index contributed by atoms with van der Waals surface area (Å²) in [5.41, 5.74) is 0.993. The van der Waals surface area contributed by atoms with Gasteiger partial charge in [-0.1, -0.05) is 25.0 Å². The molecule has 160 valence electrons. The topological polar surface area (TPSA) is 94.4 Å². The first-order valence-corrected chi connectivity index (χ1v) is 9.44. The van der Waals surface area contributed by atoms with Gasteiger partial charge in [0.1, 0.15) is 0 Å². The number of ether oxygens (including phenoxy) is 1. The number of anilines is 1. The quantitative estimate of drug-likeness (QED) is 0.174. The van der Waals surface area contributed by atoms with Gasteiger partial charge in [0.2, 0.25) is 5.96 Å². The fourth-order valence-electron chi connectivity index (χ4n) is 2.57. The van der Waals surface area contributed by atoms with E-state index in [1.165, 1.54) is 12.1 Å². The van der Waals surface area contributed by atoms with Crippen LogP contribution < -0.4 is 20.7 Å². The van der Waals surface area contributed by atoms with E-state index in [0.717, 1.165) is 25.7 Å². The molecule has 0 aliphatic rings. The Morgan fingerprint density at radius 3 is 2.43 bits per heavy atom. The zero-order valence-corrected chi connectivity index (χ0v) is 16.2. The van der Waals surface area contributed by atoms with Crippen LogP contribution in [0, 0.1) is 11.5 Å². The summed E-state index contributed by atoms with van der Waals surface area (Å²) >= 11 is 0. The molecule has 0 unspecified atom stereocenters. The first-order chi connectivity index (χ1) is 14.5. The van der Waals surface area contributed by atoms with E-state index < -0.39 is 6.36 Å². The van der Waals surface area contributed by atoms with Gasteiger partial charge in [-0.05, 0) is 37.1 Å². The van der Waals surface area contributed by atoms with Crippen LogP contribution in [0.15, 0.2) is 53.8 Å². The second kappa shape index (κ2) is 12.2. The van der Waals surface area contributed by atoms with Crippen LogP contribution in [0.5, 0.6) is 5.75 Å². The smallest absolute Gasteiger partial charge is 0.404 e. The lowest BCUT2D eigenvalue weighted by Crippen LogP contribution is -2.34. The Morgan fingerprint density at radius 1 is 1.03 bits per heavy atom. The van der Waals surface area contributed by atoms with Gasteiger partial charge in [0.15, 0.2) is 11.9 Å². The van der Waals surface area contributed by atoms with Gasteiger partial charge < -0.3 is 15.4 Å². The zero-order chi connectivity index (χ0) is 21.7. The van der Waals surface area contributed by atoms with Gasteiger partial charge in [-0.3, -0.25) is 10.3 Å². The molecule has 3 N–H and O–H groups in total. The Hall–Kier alpha value is -3.48. The molecule has 0 bridgehead atoms. The van der Waals surface area contributed by atoms with Crippen LogP contribution in [0.1, 0.15) is 25.7 Å². The van der Waals surface area contributed by atoms with Crippen LogP contribution in [0.2, 0.25) is 0 Å². The molecule has 10 heteroatoms. The van der Waals surface area contributed by atoms with Crippen LogP contribution in [0.25, 0.3) is 0 Å². The largest absolute Gasteiger partial charge is 0.573 e. The summed E-state index contributed by atoms with van der Waals surface area (Å²) in [5, 5.41) is 17.4. The molecule has 1 aromatic heterocycles. The molecule has 0 atom stereocenters. The molecule has 1 aromatic carbocycles. The number of hydrogen-bond donors (Lipinski definition) is 3. The van der Waals surface area contributed by atoms with Crippen LogP contribution in [0.3, 0.4) is 0 Å². The number of alkyl halides is 3. The summed E-state index contributed by atoms with van der Waals surface area (Å²) in [4.78, 5) is 8.20. The summed E-state index contributed by atoms with van der Waals surface area (Å²) < 4.78 is 41.3. The number of aliphatic imine (C=N–C) groups is 1. The Kier molecular flexibility index (Phi) is 9.24. The zero-order valence-electron chi connectivity index (χ0n) is 16.2. The Balaban J connectivity index is 1.64. The Labute approximate surface area is 173 Å². The molecule has 0 fully saturated rings. The highest BCUT2D eigenvalue weighted by atomic mass is 19.4. The van der Waals surface area contributed by atoms with Crippen LogP contribution in [0.4, 0.5) is 24.5 Å². The van der Waals surface area contributed by atoms with Crippen molar-refractivity contribution in [3.05, 3.63) is 48.8 Å². The van der Waals surface area contributed by atoms with Crippen molar-refractivity contribution in [1.29, 1.82) is 5.26 Å². The van der Waals surface area contributed by atoms with Gasteiger partial charge in [0, 0.05) is 25.5 Å². The highest BCUT2D eigenvalue weighted by molar-refractivity contribution is 5.83. The molecule has 2 rings (SSSR count). The summed E-state index contributed by atoms with van der Waals surface area (Å²) in [7, 11) is 0. The number of rotatable bonds is 10. The molecule has 1 heterocycles. The molecule has 0 aliphatic carbocycles. The summed E-state index contributed by atoms with van der Waals surface area (Å²) in [6, 6.07) is 9.43. The lowest BCUT2D eigenvalue weighted by atomic mass is 10.2. The molecular weight excluding hydrogens is 397 g/mol. The molecular formula is C20H23F3N6O. The highest BCUT2D eigenvalue weighted by Gasteiger charge is 2.31. The van der Waals surface area contributed by atoms with Crippen molar-refractivity contribution >= 4 is 17.3 Å². The maximum absolute atomic E-state index is 12.4. The van der Waals surface area contributed by atoms with Gasteiger partial charge in [-0.25, -0.2) is 4.99 Å². The van der Waals surface area contributed by atoms with E-state index in [-0.39, 0.29) is 5.75 Å². The number of guanidine groups is 1. The number of halogens is 3. The van der Waals surface area contributed by atoms with Gasteiger partial charge in [-0.15, -0.1) is 13.2 Å². The maximum atomic E-state index is 12.4. The van der Waals surface area contributed by atoms with Gasteiger partial charge in [-0.2, -0.15) is 5.26 Å². The third kappa shape index (κ3) is 9.14. The van der Waals surface area contributed by atoms with Crippen molar-refractivity contribution < 1.29 is 17.9 Å². The van der Waals surface area contributed by atoms with E-state index in [1.54, 1.807) is 36.7 Å². The number of hydrogen-bond acceptors (Lipinski definition) is 5. The van der Waals surface area contributed by atoms with E-state index >= 15 is 0 Å². The standard InChI is InChI=1S/C20H23F3N6O/c21-20(22,23)30-18-8-4-3-7-17(18)26-11-5-1-2-6-12-27-19(28-15-24)29-16-9-13-25-14-10-16/h3-4,7-10,13-14,26H,1-2,5-6,11-12H2,(H2,25,27,28,29). The first-order valence-electron chi connectivity index (χ1n) is 9.44. The van der Waals surface area contributed by atoms with Crippen LogP contribution >= 0.6 is 0 Å². The molecule has 0 spiro atoms. The van der Waals surface area contributed by atoms with Crippen molar-refractivity contribution in [3.63, 3.8) is 0 Å². The normalized spacial score (nSPS) is 11.5. The Bertz CT molecular complexity index is 836. The number of pyridine rings is 1.